The third kappa shape index (κ3) is 3.30. The van der Waals surface area contributed by atoms with Gasteiger partial charge >= 0.3 is 0 Å². The molecule has 1 unspecified atom stereocenters. The number of aromatic nitrogens is 4. The molecule has 1 saturated heterocycles. The zero-order chi connectivity index (χ0) is 19.0. The van der Waals surface area contributed by atoms with Gasteiger partial charge in [0.05, 0.1) is 12.2 Å². The van der Waals surface area contributed by atoms with Gasteiger partial charge in [-0.3, -0.25) is 9.20 Å². The first-order valence-electron chi connectivity index (χ1n) is 8.93. The number of hydrogen-bond donors (Lipinski definition) is 0. The molecule has 3 aromatic rings. The Bertz CT molecular complexity index is 966. The van der Waals surface area contributed by atoms with Crippen LogP contribution in [0.25, 0.3) is 5.65 Å². The molecule has 0 spiro atoms. The molecule has 0 bridgehead atoms. The summed E-state index contributed by atoms with van der Waals surface area (Å²) in [5.74, 6) is 1.23. The Hall–Kier alpha value is -3.16. The molecule has 4 rings (SSSR count). The molecule has 3 aromatic heterocycles. The number of anilines is 1. The number of carbonyl (C=O) groups is 1. The van der Waals surface area contributed by atoms with E-state index in [0.29, 0.717) is 24.7 Å². The van der Waals surface area contributed by atoms with E-state index in [2.05, 4.69) is 15.2 Å². The van der Waals surface area contributed by atoms with Crippen LogP contribution in [0.3, 0.4) is 0 Å². The molecule has 8 nitrogen and oxygen atoms in total. The van der Waals surface area contributed by atoms with Crippen molar-refractivity contribution in [3.63, 3.8) is 0 Å². The van der Waals surface area contributed by atoms with Crippen molar-refractivity contribution < 1.29 is 9.53 Å². The van der Waals surface area contributed by atoms with Crippen molar-refractivity contribution in [1.82, 2.24) is 24.5 Å². The van der Waals surface area contributed by atoms with Gasteiger partial charge in [-0.25, -0.2) is 4.98 Å². The summed E-state index contributed by atoms with van der Waals surface area (Å²) in [6, 6.07) is 9.38. The van der Waals surface area contributed by atoms with Crippen molar-refractivity contribution in [2.75, 3.05) is 32.1 Å². The van der Waals surface area contributed by atoms with Crippen molar-refractivity contribution in [3.05, 3.63) is 47.9 Å². The molecule has 1 aliphatic heterocycles. The largest absolute Gasteiger partial charge is 0.471 e. The molecule has 1 amide bonds. The lowest BCUT2D eigenvalue weighted by molar-refractivity contribution is 0.0763. The quantitative estimate of drug-likeness (QED) is 0.701. The second-order valence-electron chi connectivity index (χ2n) is 6.88. The van der Waals surface area contributed by atoms with Crippen LogP contribution in [0.15, 0.2) is 36.5 Å². The minimum atomic E-state index is -0.0899. The lowest BCUT2D eigenvalue weighted by Crippen LogP contribution is -2.32. The minimum absolute atomic E-state index is 0.0219. The van der Waals surface area contributed by atoms with E-state index >= 15 is 0 Å². The number of fused-ring (bicyclic) bond motifs is 1. The van der Waals surface area contributed by atoms with Crippen LogP contribution in [0.2, 0.25) is 0 Å². The number of hydrogen-bond acceptors (Lipinski definition) is 6. The van der Waals surface area contributed by atoms with E-state index in [1.54, 1.807) is 6.07 Å². The highest BCUT2D eigenvalue weighted by Crippen LogP contribution is 2.21. The van der Waals surface area contributed by atoms with Gasteiger partial charge in [0.1, 0.15) is 17.4 Å². The highest BCUT2D eigenvalue weighted by Gasteiger charge is 2.31. The third-order valence-corrected chi connectivity index (χ3v) is 4.71. The monoisotopic (exact) mass is 366 g/mol. The first-order chi connectivity index (χ1) is 13.0. The van der Waals surface area contributed by atoms with Crippen LogP contribution in [0.5, 0.6) is 5.88 Å². The molecule has 27 heavy (non-hydrogen) atoms. The summed E-state index contributed by atoms with van der Waals surface area (Å²) in [5.41, 5.74) is 2.13. The summed E-state index contributed by atoms with van der Waals surface area (Å²) in [5, 5.41) is 8.23. The fourth-order valence-electron chi connectivity index (χ4n) is 3.31. The lowest BCUT2D eigenvalue weighted by Gasteiger charge is -2.17. The molecule has 0 aromatic carbocycles. The van der Waals surface area contributed by atoms with E-state index in [0.717, 1.165) is 23.6 Å². The van der Waals surface area contributed by atoms with Crippen LogP contribution in [0.1, 0.15) is 22.6 Å². The molecule has 1 atom stereocenters. The normalized spacial score (nSPS) is 16.7. The molecule has 1 aliphatic rings. The topological polar surface area (TPSA) is 75.9 Å². The smallest absolute Gasteiger partial charge is 0.272 e. The number of amides is 1. The predicted octanol–water partition coefficient (Wildman–Crippen LogP) is 1.79. The molecule has 8 heteroatoms. The lowest BCUT2D eigenvalue weighted by atomic mass is 10.3. The van der Waals surface area contributed by atoms with Gasteiger partial charge in [-0.2, -0.15) is 0 Å². The fourth-order valence-corrected chi connectivity index (χ4v) is 3.31. The molecular formula is C19H22N6O2. The standard InChI is InChI=1S/C19H22N6O2/c1-13-18(25-10-5-4-6-15(25)20-13)19(26)24-11-9-14(12-24)27-17-8-7-16(21-22-17)23(2)3/h4-8,10,14H,9,11-12H2,1-3H3. The third-order valence-electron chi connectivity index (χ3n) is 4.71. The van der Waals surface area contributed by atoms with Crippen molar-refractivity contribution in [2.24, 2.45) is 0 Å². The summed E-state index contributed by atoms with van der Waals surface area (Å²) in [6.45, 7) is 3.04. The number of ether oxygens (including phenoxy) is 1. The van der Waals surface area contributed by atoms with Gasteiger partial charge < -0.3 is 14.5 Å². The van der Waals surface area contributed by atoms with E-state index in [-0.39, 0.29) is 12.0 Å². The van der Waals surface area contributed by atoms with Crippen molar-refractivity contribution in [1.29, 1.82) is 0 Å². The van der Waals surface area contributed by atoms with Crippen LogP contribution in [-0.4, -0.2) is 63.7 Å². The number of aryl methyl sites for hydroxylation is 1. The number of rotatable bonds is 4. The highest BCUT2D eigenvalue weighted by atomic mass is 16.5. The Labute approximate surface area is 157 Å². The highest BCUT2D eigenvalue weighted by molar-refractivity contribution is 5.94. The van der Waals surface area contributed by atoms with Crippen molar-refractivity contribution >= 4 is 17.4 Å². The van der Waals surface area contributed by atoms with Gasteiger partial charge in [-0.1, -0.05) is 6.07 Å². The maximum absolute atomic E-state index is 13.0. The second kappa shape index (κ2) is 6.86. The number of carbonyl (C=O) groups excluding carboxylic acids is 1. The van der Waals surface area contributed by atoms with Gasteiger partial charge in [0, 0.05) is 39.3 Å². The number of likely N-dealkylation sites (tertiary alicyclic amines) is 1. The van der Waals surface area contributed by atoms with E-state index in [1.165, 1.54) is 0 Å². The zero-order valence-corrected chi connectivity index (χ0v) is 15.7. The van der Waals surface area contributed by atoms with E-state index in [9.17, 15) is 4.79 Å². The zero-order valence-electron chi connectivity index (χ0n) is 15.7. The first-order valence-corrected chi connectivity index (χ1v) is 8.93. The van der Waals surface area contributed by atoms with Crippen LogP contribution in [0.4, 0.5) is 5.82 Å². The van der Waals surface area contributed by atoms with E-state index in [4.69, 9.17) is 4.74 Å². The molecule has 0 N–H and O–H groups in total. The average Bonchev–Trinajstić information content (AvgIpc) is 3.25. The Morgan fingerprint density at radius 3 is 2.81 bits per heavy atom. The summed E-state index contributed by atoms with van der Waals surface area (Å²) >= 11 is 0. The van der Waals surface area contributed by atoms with Crippen LogP contribution in [-0.2, 0) is 0 Å². The maximum atomic E-state index is 13.0. The number of imidazole rings is 1. The summed E-state index contributed by atoms with van der Waals surface area (Å²) < 4.78 is 7.76. The predicted molar refractivity (Wildman–Crippen MR) is 101 cm³/mol. The summed E-state index contributed by atoms with van der Waals surface area (Å²) in [7, 11) is 3.82. The first kappa shape index (κ1) is 17.3. The van der Waals surface area contributed by atoms with Gasteiger partial charge in [0.2, 0.25) is 5.88 Å². The fraction of sp³-hybridized carbons (Fsp3) is 0.368. The van der Waals surface area contributed by atoms with Crippen LogP contribution < -0.4 is 9.64 Å². The Kier molecular flexibility index (Phi) is 4.39. The molecule has 4 heterocycles. The second-order valence-corrected chi connectivity index (χ2v) is 6.88. The molecule has 0 saturated carbocycles. The minimum Gasteiger partial charge on any atom is -0.471 e. The van der Waals surface area contributed by atoms with Gasteiger partial charge in [-0.05, 0) is 25.1 Å². The number of pyridine rings is 1. The van der Waals surface area contributed by atoms with Crippen LogP contribution in [0, 0.1) is 6.92 Å². The van der Waals surface area contributed by atoms with E-state index in [1.807, 2.05) is 65.7 Å². The maximum Gasteiger partial charge on any atom is 0.272 e. The number of nitrogens with zero attached hydrogens (tertiary/aromatic N) is 6. The Morgan fingerprint density at radius 1 is 1.22 bits per heavy atom. The molecular weight excluding hydrogens is 344 g/mol. The van der Waals surface area contributed by atoms with Gasteiger partial charge in [0.25, 0.3) is 5.91 Å². The average molecular weight is 366 g/mol. The Balaban J connectivity index is 1.46. The Morgan fingerprint density at radius 2 is 2.07 bits per heavy atom. The van der Waals surface area contributed by atoms with Crippen molar-refractivity contribution in [3.8, 4) is 5.88 Å². The van der Waals surface area contributed by atoms with Crippen molar-refractivity contribution in [2.45, 2.75) is 19.4 Å². The van der Waals surface area contributed by atoms with Gasteiger partial charge in [0.15, 0.2) is 5.82 Å². The molecule has 0 aliphatic carbocycles. The molecule has 0 radical (unpaired) electrons. The molecule has 140 valence electrons. The molecule has 1 fully saturated rings. The summed E-state index contributed by atoms with van der Waals surface area (Å²) in [4.78, 5) is 21.2. The van der Waals surface area contributed by atoms with E-state index < -0.39 is 0 Å². The summed E-state index contributed by atoms with van der Waals surface area (Å²) in [6.07, 6.45) is 2.54. The SMILES string of the molecule is Cc1nc2ccccn2c1C(=O)N1CCC(Oc2ccc(N(C)C)nn2)C1. The van der Waals surface area contributed by atoms with Gasteiger partial charge in [-0.15, -0.1) is 10.2 Å². The van der Waals surface area contributed by atoms with Crippen LogP contribution >= 0.6 is 0 Å².